The molecular weight excluding hydrogens is 329 g/mol. The number of rotatable bonds is 5. The first-order chi connectivity index (χ1) is 10.0. The minimum absolute atomic E-state index is 0.157. The second kappa shape index (κ2) is 7.11. The van der Waals surface area contributed by atoms with Gasteiger partial charge in [0.05, 0.1) is 15.4 Å². The van der Waals surface area contributed by atoms with Gasteiger partial charge in [0.15, 0.2) is 0 Å². The minimum atomic E-state index is -0.309. The van der Waals surface area contributed by atoms with Crippen LogP contribution in [0.2, 0.25) is 9.36 Å². The van der Waals surface area contributed by atoms with Crippen molar-refractivity contribution in [2.45, 2.75) is 19.9 Å². The monoisotopic (exact) mass is 343 g/mol. The Balaban J connectivity index is 2.14. The van der Waals surface area contributed by atoms with Crippen LogP contribution in [-0.2, 0) is 0 Å². The van der Waals surface area contributed by atoms with Crippen LogP contribution in [-0.4, -0.2) is 17.4 Å². The maximum Gasteiger partial charge on any atom is 0.272 e. The van der Waals surface area contributed by atoms with E-state index in [0.717, 1.165) is 11.4 Å². The second-order valence-electron chi connectivity index (χ2n) is 4.39. The van der Waals surface area contributed by atoms with Crippen molar-refractivity contribution in [3.8, 4) is 0 Å². The SMILES string of the molecule is CCNc1ccc(Cl)c(C(=O)NC(C)c2ccc(Cl)s2)n1. The van der Waals surface area contributed by atoms with Gasteiger partial charge in [0, 0.05) is 11.4 Å². The minimum Gasteiger partial charge on any atom is -0.370 e. The van der Waals surface area contributed by atoms with E-state index >= 15 is 0 Å². The van der Waals surface area contributed by atoms with Crippen LogP contribution in [0.5, 0.6) is 0 Å². The molecule has 0 fully saturated rings. The summed E-state index contributed by atoms with van der Waals surface area (Å²) in [6.07, 6.45) is 0. The summed E-state index contributed by atoms with van der Waals surface area (Å²) in [4.78, 5) is 17.5. The molecule has 2 aromatic heterocycles. The molecule has 1 amide bonds. The van der Waals surface area contributed by atoms with Gasteiger partial charge in [-0.25, -0.2) is 4.98 Å². The van der Waals surface area contributed by atoms with Crippen LogP contribution in [0.15, 0.2) is 24.3 Å². The summed E-state index contributed by atoms with van der Waals surface area (Å²) in [6, 6.07) is 6.94. The van der Waals surface area contributed by atoms with Crippen molar-refractivity contribution in [3.05, 3.63) is 44.2 Å². The zero-order valence-corrected chi connectivity index (χ0v) is 13.9. The van der Waals surface area contributed by atoms with Crippen molar-refractivity contribution in [1.29, 1.82) is 0 Å². The highest BCUT2D eigenvalue weighted by molar-refractivity contribution is 7.16. The number of aromatic nitrogens is 1. The molecule has 0 aliphatic carbocycles. The number of hydrogen-bond acceptors (Lipinski definition) is 4. The van der Waals surface area contributed by atoms with Crippen LogP contribution >= 0.6 is 34.5 Å². The highest BCUT2D eigenvalue weighted by Gasteiger charge is 2.17. The fourth-order valence-electron chi connectivity index (χ4n) is 1.78. The first kappa shape index (κ1) is 16.1. The number of nitrogens with zero attached hydrogens (tertiary/aromatic N) is 1. The highest BCUT2D eigenvalue weighted by atomic mass is 35.5. The van der Waals surface area contributed by atoms with E-state index in [-0.39, 0.29) is 17.6 Å². The van der Waals surface area contributed by atoms with Gasteiger partial charge in [0.1, 0.15) is 11.5 Å². The van der Waals surface area contributed by atoms with E-state index in [1.165, 1.54) is 11.3 Å². The molecule has 0 bridgehead atoms. The number of nitrogens with one attached hydrogen (secondary N) is 2. The van der Waals surface area contributed by atoms with Crippen molar-refractivity contribution in [3.63, 3.8) is 0 Å². The van der Waals surface area contributed by atoms with Gasteiger partial charge in [-0.15, -0.1) is 11.3 Å². The van der Waals surface area contributed by atoms with Crippen LogP contribution in [0.3, 0.4) is 0 Å². The molecule has 0 aliphatic heterocycles. The zero-order valence-electron chi connectivity index (χ0n) is 11.6. The number of amides is 1. The molecule has 7 heteroatoms. The summed E-state index contributed by atoms with van der Waals surface area (Å²) in [5.74, 6) is 0.315. The lowest BCUT2D eigenvalue weighted by Gasteiger charge is -2.13. The summed E-state index contributed by atoms with van der Waals surface area (Å²) >= 11 is 13.4. The molecule has 0 saturated carbocycles. The number of hydrogen-bond donors (Lipinski definition) is 2. The van der Waals surface area contributed by atoms with Gasteiger partial charge in [0.2, 0.25) is 0 Å². The average molecular weight is 344 g/mol. The third-order valence-corrected chi connectivity index (χ3v) is 4.51. The highest BCUT2D eigenvalue weighted by Crippen LogP contribution is 2.27. The van der Waals surface area contributed by atoms with Gasteiger partial charge < -0.3 is 10.6 Å². The average Bonchev–Trinajstić information content (AvgIpc) is 2.88. The zero-order chi connectivity index (χ0) is 15.4. The van der Waals surface area contributed by atoms with Gasteiger partial charge in [-0.05, 0) is 38.1 Å². The summed E-state index contributed by atoms with van der Waals surface area (Å²) in [5, 5.41) is 6.25. The van der Waals surface area contributed by atoms with Crippen molar-refractivity contribution < 1.29 is 4.79 Å². The Morgan fingerprint density at radius 2 is 2.10 bits per heavy atom. The van der Waals surface area contributed by atoms with Crippen molar-refractivity contribution in [2.75, 3.05) is 11.9 Å². The number of carbonyl (C=O) groups excluding carboxylic acids is 1. The predicted octanol–water partition coefficient (Wildman–Crippen LogP) is 4.37. The maximum absolute atomic E-state index is 12.3. The molecule has 0 saturated heterocycles. The third kappa shape index (κ3) is 4.09. The summed E-state index contributed by atoms with van der Waals surface area (Å²) < 4.78 is 0.691. The number of anilines is 1. The normalized spacial score (nSPS) is 12.0. The van der Waals surface area contributed by atoms with Gasteiger partial charge >= 0.3 is 0 Å². The Hall–Kier alpha value is -1.30. The second-order valence-corrected chi connectivity index (χ2v) is 6.55. The van der Waals surface area contributed by atoms with E-state index in [9.17, 15) is 4.79 Å². The lowest BCUT2D eigenvalue weighted by molar-refractivity contribution is 0.0936. The topological polar surface area (TPSA) is 54.0 Å². The quantitative estimate of drug-likeness (QED) is 0.847. The van der Waals surface area contributed by atoms with Crippen molar-refractivity contribution >= 4 is 46.3 Å². The number of thiophene rings is 1. The molecular formula is C14H15Cl2N3OS. The van der Waals surface area contributed by atoms with E-state index in [2.05, 4.69) is 15.6 Å². The Labute approximate surface area is 137 Å². The van der Waals surface area contributed by atoms with E-state index in [1.54, 1.807) is 18.2 Å². The van der Waals surface area contributed by atoms with E-state index in [1.807, 2.05) is 19.9 Å². The Kier molecular flexibility index (Phi) is 5.45. The van der Waals surface area contributed by atoms with Gasteiger partial charge in [-0.1, -0.05) is 23.2 Å². The van der Waals surface area contributed by atoms with E-state index in [4.69, 9.17) is 23.2 Å². The van der Waals surface area contributed by atoms with E-state index < -0.39 is 0 Å². The first-order valence-electron chi connectivity index (χ1n) is 6.47. The molecule has 2 N–H and O–H groups in total. The van der Waals surface area contributed by atoms with Crippen LogP contribution in [0, 0.1) is 0 Å². The van der Waals surface area contributed by atoms with Crippen molar-refractivity contribution in [2.24, 2.45) is 0 Å². The van der Waals surface area contributed by atoms with Gasteiger partial charge in [0.25, 0.3) is 5.91 Å². The van der Waals surface area contributed by atoms with Crippen LogP contribution in [0.25, 0.3) is 0 Å². The number of pyridine rings is 1. The van der Waals surface area contributed by atoms with Crippen LogP contribution in [0.4, 0.5) is 5.82 Å². The lowest BCUT2D eigenvalue weighted by atomic mass is 10.2. The standard InChI is InChI=1S/C14H15Cl2N3OS/c1-3-17-12-7-4-9(15)13(19-12)14(20)18-8(2)10-5-6-11(16)21-10/h4-8H,3H2,1-2H3,(H,17,19)(H,18,20). The molecule has 0 aliphatic rings. The summed E-state index contributed by atoms with van der Waals surface area (Å²) in [7, 11) is 0. The molecule has 2 rings (SSSR count). The molecule has 21 heavy (non-hydrogen) atoms. The molecule has 0 aromatic carbocycles. The van der Waals surface area contributed by atoms with Gasteiger partial charge in [-0.3, -0.25) is 4.79 Å². The lowest BCUT2D eigenvalue weighted by Crippen LogP contribution is -2.27. The molecule has 0 radical (unpaired) electrons. The fourth-order valence-corrected chi connectivity index (χ4v) is 3.03. The Morgan fingerprint density at radius 3 is 2.71 bits per heavy atom. The molecule has 2 heterocycles. The molecule has 1 atom stereocenters. The Morgan fingerprint density at radius 1 is 1.33 bits per heavy atom. The van der Waals surface area contributed by atoms with Crippen molar-refractivity contribution in [1.82, 2.24) is 10.3 Å². The maximum atomic E-state index is 12.3. The van der Waals surface area contributed by atoms with E-state index in [0.29, 0.717) is 15.2 Å². The molecule has 1 unspecified atom stereocenters. The number of carbonyl (C=O) groups is 1. The van der Waals surface area contributed by atoms with Gasteiger partial charge in [-0.2, -0.15) is 0 Å². The number of halogens is 2. The smallest absolute Gasteiger partial charge is 0.272 e. The largest absolute Gasteiger partial charge is 0.370 e. The first-order valence-corrected chi connectivity index (χ1v) is 8.05. The summed E-state index contributed by atoms with van der Waals surface area (Å²) in [6.45, 7) is 4.57. The molecule has 112 valence electrons. The third-order valence-electron chi connectivity index (χ3n) is 2.79. The predicted molar refractivity (Wildman–Crippen MR) is 88.6 cm³/mol. The van der Waals surface area contributed by atoms with Crippen LogP contribution in [0.1, 0.15) is 35.3 Å². The Bertz CT molecular complexity index is 645. The molecule has 0 spiro atoms. The molecule has 2 aromatic rings. The fraction of sp³-hybridized carbons (Fsp3) is 0.286. The summed E-state index contributed by atoms with van der Waals surface area (Å²) in [5.41, 5.74) is 0.213. The van der Waals surface area contributed by atoms with Crippen LogP contribution < -0.4 is 10.6 Å². The molecule has 4 nitrogen and oxygen atoms in total.